The van der Waals surface area contributed by atoms with Crippen molar-refractivity contribution in [2.45, 2.75) is 6.61 Å². The number of nitrogen functional groups attached to an aromatic ring is 1. The van der Waals surface area contributed by atoms with E-state index in [0.717, 1.165) is 6.07 Å². The minimum absolute atomic E-state index is 0.161. The van der Waals surface area contributed by atoms with Gasteiger partial charge in [-0.25, -0.2) is 14.2 Å². The Morgan fingerprint density at radius 1 is 1.45 bits per heavy atom. The molecule has 0 aliphatic rings. The second kappa shape index (κ2) is 5.80. The van der Waals surface area contributed by atoms with Gasteiger partial charge in [-0.1, -0.05) is 6.07 Å². The first-order valence-electron chi connectivity index (χ1n) is 5.68. The molecular formula is C14H10FN3O2. The first-order chi connectivity index (χ1) is 9.61. The van der Waals surface area contributed by atoms with Gasteiger partial charge in [0.15, 0.2) is 0 Å². The summed E-state index contributed by atoms with van der Waals surface area (Å²) in [7, 11) is 0. The molecule has 5 nitrogen and oxygen atoms in total. The van der Waals surface area contributed by atoms with E-state index >= 15 is 0 Å². The average molecular weight is 271 g/mol. The minimum Gasteiger partial charge on any atom is -0.457 e. The third-order valence-corrected chi connectivity index (χ3v) is 2.57. The highest BCUT2D eigenvalue weighted by atomic mass is 19.1. The molecule has 0 bridgehead atoms. The van der Waals surface area contributed by atoms with Crippen LogP contribution in [0.2, 0.25) is 0 Å². The van der Waals surface area contributed by atoms with Crippen LogP contribution in [0.1, 0.15) is 21.6 Å². The van der Waals surface area contributed by atoms with Crippen LogP contribution in [-0.4, -0.2) is 11.0 Å². The molecule has 2 aromatic rings. The smallest absolute Gasteiger partial charge is 0.341 e. The highest BCUT2D eigenvalue weighted by Crippen LogP contribution is 2.14. The lowest BCUT2D eigenvalue weighted by molar-refractivity contribution is 0.0467. The van der Waals surface area contributed by atoms with Gasteiger partial charge in [0.2, 0.25) is 0 Å². The van der Waals surface area contributed by atoms with Crippen molar-refractivity contribution in [1.82, 2.24) is 4.98 Å². The number of carbonyl (C=O) groups is 1. The van der Waals surface area contributed by atoms with Crippen LogP contribution in [-0.2, 0) is 11.3 Å². The van der Waals surface area contributed by atoms with Gasteiger partial charge in [0.1, 0.15) is 24.2 Å². The van der Waals surface area contributed by atoms with Gasteiger partial charge in [-0.3, -0.25) is 0 Å². The molecule has 0 aliphatic carbocycles. The maximum absolute atomic E-state index is 13.5. The SMILES string of the molecule is N#Cc1ncccc1COC(=O)c1cc(N)ccc1F. The molecule has 0 saturated heterocycles. The van der Waals surface area contributed by atoms with Crippen molar-refractivity contribution in [3.8, 4) is 6.07 Å². The van der Waals surface area contributed by atoms with Crippen LogP contribution < -0.4 is 5.73 Å². The molecule has 0 spiro atoms. The van der Waals surface area contributed by atoms with Gasteiger partial charge in [-0.05, 0) is 24.3 Å². The number of nitrogens with zero attached hydrogens (tertiary/aromatic N) is 2. The second-order valence-corrected chi connectivity index (χ2v) is 3.94. The van der Waals surface area contributed by atoms with Crippen LogP contribution in [0.4, 0.5) is 10.1 Å². The van der Waals surface area contributed by atoms with Gasteiger partial charge in [-0.15, -0.1) is 0 Å². The second-order valence-electron chi connectivity index (χ2n) is 3.94. The Labute approximate surface area is 114 Å². The van der Waals surface area contributed by atoms with Crippen LogP contribution in [0, 0.1) is 17.1 Å². The molecule has 2 N–H and O–H groups in total. The first kappa shape index (κ1) is 13.5. The number of hydrogen-bond acceptors (Lipinski definition) is 5. The Hall–Kier alpha value is -2.94. The standard InChI is InChI=1S/C14H10FN3O2/c15-12-4-3-10(17)6-11(12)14(19)20-8-9-2-1-5-18-13(9)7-16/h1-6H,8,17H2. The molecule has 0 aliphatic heterocycles. The van der Waals surface area contributed by atoms with E-state index < -0.39 is 11.8 Å². The van der Waals surface area contributed by atoms with E-state index in [1.54, 1.807) is 12.1 Å². The molecular weight excluding hydrogens is 261 g/mol. The molecule has 0 fully saturated rings. The number of ether oxygens (including phenoxy) is 1. The van der Waals surface area contributed by atoms with Crippen molar-refractivity contribution in [1.29, 1.82) is 5.26 Å². The van der Waals surface area contributed by atoms with Gasteiger partial charge in [0.25, 0.3) is 0 Å². The molecule has 0 radical (unpaired) electrons. The number of benzene rings is 1. The first-order valence-corrected chi connectivity index (χ1v) is 5.68. The van der Waals surface area contributed by atoms with E-state index in [1.807, 2.05) is 6.07 Å². The maximum atomic E-state index is 13.5. The lowest BCUT2D eigenvalue weighted by Crippen LogP contribution is -2.09. The third kappa shape index (κ3) is 2.90. The Balaban J connectivity index is 2.13. The molecule has 1 aromatic carbocycles. The summed E-state index contributed by atoms with van der Waals surface area (Å²) in [5.41, 5.74) is 6.12. The number of rotatable bonds is 3. The number of nitriles is 1. The molecule has 0 atom stereocenters. The van der Waals surface area contributed by atoms with Crippen molar-refractivity contribution < 1.29 is 13.9 Å². The minimum atomic E-state index is -0.845. The summed E-state index contributed by atoms with van der Waals surface area (Å²) >= 11 is 0. The Morgan fingerprint density at radius 2 is 2.25 bits per heavy atom. The summed E-state index contributed by atoms with van der Waals surface area (Å²) in [5, 5.41) is 8.85. The lowest BCUT2D eigenvalue weighted by Gasteiger charge is -2.07. The van der Waals surface area contributed by atoms with Crippen molar-refractivity contribution in [3.63, 3.8) is 0 Å². The molecule has 6 heteroatoms. The monoisotopic (exact) mass is 271 g/mol. The molecule has 1 heterocycles. The average Bonchev–Trinajstić information content (AvgIpc) is 2.47. The van der Waals surface area contributed by atoms with Crippen LogP contribution in [0.25, 0.3) is 0 Å². The maximum Gasteiger partial charge on any atom is 0.341 e. The quantitative estimate of drug-likeness (QED) is 0.681. The topological polar surface area (TPSA) is 89.0 Å². The number of carbonyl (C=O) groups excluding carboxylic acids is 1. The van der Waals surface area contributed by atoms with Crippen LogP contribution in [0.3, 0.4) is 0 Å². The zero-order valence-electron chi connectivity index (χ0n) is 10.3. The van der Waals surface area contributed by atoms with E-state index in [2.05, 4.69) is 4.98 Å². The normalized spacial score (nSPS) is 9.80. The van der Waals surface area contributed by atoms with Crippen molar-refractivity contribution in [3.05, 3.63) is 59.2 Å². The molecule has 1 aromatic heterocycles. The van der Waals surface area contributed by atoms with Gasteiger partial charge < -0.3 is 10.5 Å². The number of anilines is 1. The molecule has 2 rings (SSSR count). The largest absolute Gasteiger partial charge is 0.457 e. The fourth-order valence-corrected chi connectivity index (χ4v) is 1.58. The zero-order valence-corrected chi connectivity index (χ0v) is 10.3. The number of halogens is 1. The Kier molecular flexibility index (Phi) is 3.91. The summed E-state index contributed by atoms with van der Waals surface area (Å²) in [5.74, 6) is -1.56. The van der Waals surface area contributed by atoms with Crippen molar-refractivity contribution in [2.75, 3.05) is 5.73 Å². The van der Waals surface area contributed by atoms with Crippen LogP contribution >= 0.6 is 0 Å². The third-order valence-electron chi connectivity index (χ3n) is 2.57. The van der Waals surface area contributed by atoms with Crippen LogP contribution in [0.5, 0.6) is 0 Å². The zero-order chi connectivity index (χ0) is 14.5. The van der Waals surface area contributed by atoms with E-state index in [1.165, 1.54) is 18.3 Å². The number of pyridine rings is 1. The Bertz CT molecular complexity index is 695. The molecule has 20 heavy (non-hydrogen) atoms. The predicted molar refractivity (Wildman–Crippen MR) is 68.9 cm³/mol. The van der Waals surface area contributed by atoms with Crippen molar-refractivity contribution >= 4 is 11.7 Å². The highest BCUT2D eigenvalue weighted by Gasteiger charge is 2.14. The number of esters is 1. The van der Waals surface area contributed by atoms with Gasteiger partial charge in [0.05, 0.1) is 5.56 Å². The van der Waals surface area contributed by atoms with Gasteiger partial charge in [0, 0.05) is 17.4 Å². The summed E-state index contributed by atoms with van der Waals surface area (Å²) < 4.78 is 18.4. The number of nitrogens with two attached hydrogens (primary N) is 1. The summed E-state index contributed by atoms with van der Waals surface area (Å²) in [6.07, 6.45) is 1.46. The van der Waals surface area contributed by atoms with Crippen molar-refractivity contribution in [2.24, 2.45) is 0 Å². The molecule has 100 valence electrons. The molecule has 0 saturated carbocycles. The fraction of sp³-hybridized carbons (Fsp3) is 0.0714. The van der Waals surface area contributed by atoms with E-state index in [-0.39, 0.29) is 23.6 Å². The van der Waals surface area contributed by atoms with E-state index in [4.69, 9.17) is 15.7 Å². The fourth-order valence-electron chi connectivity index (χ4n) is 1.58. The van der Waals surface area contributed by atoms with E-state index in [0.29, 0.717) is 5.56 Å². The number of hydrogen-bond donors (Lipinski definition) is 1. The van der Waals surface area contributed by atoms with Gasteiger partial charge in [-0.2, -0.15) is 5.26 Å². The number of aromatic nitrogens is 1. The predicted octanol–water partition coefficient (Wildman–Crippen LogP) is 2.03. The van der Waals surface area contributed by atoms with E-state index in [9.17, 15) is 9.18 Å². The summed E-state index contributed by atoms with van der Waals surface area (Å²) in [6, 6.07) is 8.75. The Morgan fingerprint density at radius 3 is 3.00 bits per heavy atom. The molecule has 0 amide bonds. The summed E-state index contributed by atoms with van der Waals surface area (Å²) in [4.78, 5) is 15.6. The molecule has 0 unspecified atom stereocenters. The summed E-state index contributed by atoms with van der Waals surface area (Å²) in [6.45, 7) is -0.163. The van der Waals surface area contributed by atoms with Gasteiger partial charge >= 0.3 is 5.97 Å². The highest BCUT2D eigenvalue weighted by molar-refractivity contribution is 5.90. The lowest BCUT2D eigenvalue weighted by atomic mass is 10.2. The van der Waals surface area contributed by atoms with Crippen LogP contribution in [0.15, 0.2) is 36.5 Å².